The fourth-order valence-corrected chi connectivity index (χ4v) is 16.1. The van der Waals surface area contributed by atoms with Crippen LogP contribution in [0.1, 0.15) is 0 Å². The lowest BCUT2D eigenvalue weighted by Gasteiger charge is -2.10. The van der Waals surface area contributed by atoms with E-state index in [4.69, 9.17) is 8.83 Å². The molecule has 0 unspecified atom stereocenters. The van der Waals surface area contributed by atoms with Crippen molar-refractivity contribution in [1.82, 2.24) is 18.3 Å². The van der Waals surface area contributed by atoms with Gasteiger partial charge in [0.2, 0.25) is 0 Å². The van der Waals surface area contributed by atoms with Gasteiger partial charge in [-0.15, -0.1) is 0 Å². The molecule has 456 valence electrons. The average Bonchev–Trinajstić information content (AvgIpc) is 1.56. The SMILES string of the molecule is c1ccc(-n2c3ccc(-c4ccc5c(c4)c4ccccc4n5-c4ccc5ccccc5c4)cc3c3ccc4c5ccccc5oc4c32)cc1.c1ccc(-n2c3ccc(-c4ccc5c(c4)c4ccccc4n5-c4ccc5ccccc5c4)cc3c3ccc4oc5ccccc5c4c32)cc1. The Morgan fingerprint density at radius 2 is 0.561 bits per heavy atom. The Morgan fingerprint density at radius 1 is 0.184 bits per heavy atom. The summed E-state index contributed by atoms with van der Waals surface area (Å²) in [6.07, 6.45) is 0. The first kappa shape index (κ1) is 54.3. The van der Waals surface area contributed by atoms with Crippen LogP contribution in [0.2, 0.25) is 0 Å². The van der Waals surface area contributed by atoms with E-state index in [-0.39, 0.29) is 0 Å². The van der Waals surface area contributed by atoms with E-state index in [0.717, 1.165) is 66.3 Å². The molecule has 0 saturated heterocycles. The highest BCUT2D eigenvalue weighted by atomic mass is 16.3. The summed E-state index contributed by atoms with van der Waals surface area (Å²) in [5, 5.41) is 19.4. The minimum Gasteiger partial charge on any atom is -0.456 e. The smallest absolute Gasteiger partial charge is 0.160 e. The minimum atomic E-state index is 0.905. The highest BCUT2D eigenvalue weighted by molar-refractivity contribution is 6.26. The molecule has 6 heteroatoms. The number of fused-ring (bicyclic) bond motifs is 22. The van der Waals surface area contributed by atoms with E-state index in [1.54, 1.807) is 0 Å². The third-order valence-corrected chi connectivity index (χ3v) is 20.6. The first-order valence-electron chi connectivity index (χ1n) is 33.5. The monoisotopic (exact) mass is 1250 g/mol. The zero-order valence-corrected chi connectivity index (χ0v) is 52.9. The van der Waals surface area contributed by atoms with E-state index in [1.165, 1.54) is 131 Å². The number of rotatable bonds is 6. The highest BCUT2D eigenvalue weighted by Crippen LogP contribution is 2.46. The molecule has 0 radical (unpaired) electrons. The molecular formula is C92H56N4O2. The van der Waals surface area contributed by atoms with Crippen molar-refractivity contribution in [2.24, 2.45) is 0 Å². The van der Waals surface area contributed by atoms with Crippen molar-refractivity contribution in [3.05, 3.63) is 340 Å². The Bertz CT molecular complexity index is 7050. The van der Waals surface area contributed by atoms with Gasteiger partial charge in [0.25, 0.3) is 0 Å². The number of furan rings is 2. The number of nitrogens with zero attached hydrogens (tertiary/aromatic N) is 4. The largest absolute Gasteiger partial charge is 0.456 e. The number of hydrogen-bond donors (Lipinski definition) is 0. The number of para-hydroxylation sites is 6. The molecule has 6 heterocycles. The summed E-state index contributed by atoms with van der Waals surface area (Å²) < 4.78 is 22.5. The van der Waals surface area contributed by atoms with Gasteiger partial charge in [-0.3, -0.25) is 0 Å². The van der Waals surface area contributed by atoms with E-state index in [0.29, 0.717) is 0 Å². The number of hydrogen-bond acceptors (Lipinski definition) is 2. The zero-order chi connectivity index (χ0) is 64.1. The van der Waals surface area contributed by atoms with Gasteiger partial charge in [0.15, 0.2) is 5.58 Å². The second-order valence-corrected chi connectivity index (χ2v) is 25.9. The molecule has 0 fully saturated rings. The maximum atomic E-state index is 6.60. The van der Waals surface area contributed by atoms with Gasteiger partial charge >= 0.3 is 0 Å². The van der Waals surface area contributed by atoms with Crippen molar-refractivity contribution >= 4 is 153 Å². The van der Waals surface area contributed by atoms with E-state index in [2.05, 4.69) is 346 Å². The first-order chi connectivity index (χ1) is 48.6. The molecule has 0 saturated carbocycles. The van der Waals surface area contributed by atoms with Crippen molar-refractivity contribution in [2.75, 3.05) is 0 Å². The quantitative estimate of drug-likeness (QED) is 0.167. The molecule has 0 amide bonds. The Morgan fingerprint density at radius 3 is 1.09 bits per heavy atom. The molecule has 6 aromatic heterocycles. The maximum Gasteiger partial charge on any atom is 0.160 e. The summed E-state index contributed by atoms with van der Waals surface area (Å²) in [6, 6.07) is 123. The van der Waals surface area contributed by atoms with Crippen LogP contribution in [0.25, 0.3) is 198 Å². The van der Waals surface area contributed by atoms with Gasteiger partial charge in [-0.1, -0.05) is 200 Å². The van der Waals surface area contributed by atoms with Gasteiger partial charge in [-0.25, -0.2) is 0 Å². The van der Waals surface area contributed by atoms with Gasteiger partial charge in [-0.2, -0.15) is 0 Å². The number of aromatic nitrogens is 4. The van der Waals surface area contributed by atoms with Crippen LogP contribution in [0.3, 0.4) is 0 Å². The Hall–Kier alpha value is -13.2. The van der Waals surface area contributed by atoms with E-state index in [9.17, 15) is 0 Å². The molecule has 0 atom stereocenters. The Kier molecular flexibility index (Phi) is 11.7. The van der Waals surface area contributed by atoms with E-state index < -0.39 is 0 Å². The first-order valence-corrected chi connectivity index (χ1v) is 33.5. The van der Waals surface area contributed by atoms with Crippen LogP contribution in [-0.2, 0) is 0 Å². The van der Waals surface area contributed by atoms with Crippen LogP contribution in [0.4, 0.5) is 0 Å². The second kappa shape index (κ2) is 21.2. The lowest BCUT2D eigenvalue weighted by Crippen LogP contribution is -1.94. The maximum absolute atomic E-state index is 6.60. The standard InChI is InChI=1S/2C46H28N2O/c1-2-12-33(13-3-1)48-43-25-20-32(28-40(43)37-22-23-38-36-15-7-9-17-44(36)49-46(38)45(37)48)31-19-24-42-39(27-31)35-14-6-8-16-41(35)47(42)34-21-18-29-10-4-5-11-30(29)26-34;1-2-12-33(13-3-1)48-42-24-20-32(28-39(42)36-22-25-44-45(46(36)48)37-15-7-9-17-43(37)49-44)31-19-23-41-38(27-31)35-14-6-8-16-40(35)47(41)34-21-18-29-10-4-5-11-30(29)26-34/h2*1-28H. The van der Waals surface area contributed by atoms with Crippen molar-refractivity contribution in [1.29, 1.82) is 0 Å². The highest BCUT2D eigenvalue weighted by Gasteiger charge is 2.24. The molecule has 0 N–H and O–H groups in total. The van der Waals surface area contributed by atoms with Crippen LogP contribution >= 0.6 is 0 Å². The summed E-state index contributed by atoms with van der Waals surface area (Å²) in [4.78, 5) is 0. The normalized spacial score (nSPS) is 12.1. The van der Waals surface area contributed by atoms with Gasteiger partial charge in [0.05, 0.1) is 49.5 Å². The Labute approximate surface area is 561 Å². The lowest BCUT2D eigenvalue weighted by atomic mass is 10.00. The molecule has 6 nitrogen and oxygen atoms in total. The summed E-state index contributed by atoms with van der Waals surface area (Å²) >= 11 is 0. The summed E-state index contributed by atoms with van der Waals surface area (Å²) in [5.74, 6) is 0. The van der Waals surface area contributed by atoms with Crippen molar-refractivity contribution in [2.45, 2.75) is 0 Å². The number of benzene rings is 16. The predicted octanol–water partition coefficient (Wildman–Crippen LogP) is 25.2. The van der Waals surface area contributed by atoms with Gasteiger partial charge < -0.3 is 27.1 Å². The summed E-state index contributed by atoms with van der Waals surface area (Å²) in [5.41, 5.74) is 22.5. The van der Waals surface area contributed by atoms with Crippen LogP contribution in [0.15, 0.2) is 349 Å². The van der Waals surface area contributed by atoms with Crippen LogP contribution in [0, 0.1) is 0 Å². The molecular weight excluding hydrogens is 1190 g/mol. The summed E-state index contributed by atoms with van der Waals surface area (Å²) in [7, 11) is 0. The van der Waals surface area contributed by atoms with E-state index >= 15 is 0 Å². The fraction of sp³-hybridized carbons (Fsp3) is 0. The third-order valence-electron chi connectivity index (χ3n) is 20.6. The van der Waals surface area contributed by atoms with Crippen molar-refractivity contribution in [3.63, 3.8) is 0 Å². The minimum absolute atomic E-state index is 0.905. The molecule has 0 aliphatic heterocycles. The van der Waals surface area contributed by atoms with Crippen LogP contribution in [-0.4, -0.2) is 18.3 Å². The van der Waals surface area contributed by atoms with Crippen molar-refractivity contribution < 1.29 is 8.83 Å². The van der Waals surface area contributed by atoms with Gasteiger partial charge in [0.1, 0.15) is 16.7 Å². The summed E-state index contributed by atoms with van der Waals surface area (Å²) in [6.45, 7) is 0. The molecule has 0 aliphatic carbocycles. The molecule has 22 aromatic rings. The molecule has 0 aliphatic rings. The van der Waals surface area contributed by atoms with Gasteiger partial charge in [0, 0.05) is 82.0 Å². The predicted molar refractivity (Wildman–Crippen MR) is 411 cm³/mol. The molecule has 98 heavy (non-hydrogen) atoms. The lowest BCUT2D eigenvalue weighted by molar-refractivity contribution is 0.669. The fourth-order valence-electron chi connectivity index (χ4n) is 16.1. The molecule has 0 spiro atoms. The van der Waals surface area contributed by atoms with Crippen LogP contribution < -0.4 is 0 Å². The van der Waals surface area contributed by atoms with E-state index in [1.807, 2.05) is 12.1 Å². The third kappa shape index (κ3) is 8.15. The van der Waals surface area contributed by atoms with Crippen LogP contribution in [0.5, 0.6) is 0 Å². The second-order valence-electron chi connectivity index (χ2n) is 25.9. The Balaban J connectivity index is 0.000000129. The van der Waals surface area contributed by atoms with Gasteiger partial charge in [-0.05, 0) is 183 Å². The molecule has 16 aromatic carbocycles. The molecule has 0 bridgehead atoms. The topological polar surface area (TPSA) is 46.0 Å². The average molecular weight is 1250 g/mol. The van der Waals surface area contributed by atoms with Crippen molar-refractivity contribution in [3.8, 4) is 45.0 Å². The zero-order valence-electron chi connectivity index (χ0n) is 52.9. The molecule has 22 rings (SSSR count).